The lowest BCUT2D eigenvalue weighted by Gasteiger charge is -2.02. The van der Waals surface area contributed by atoms with Crippen molar-refractivity contribution in [3.8, 4) is 0 Å². The van der Waals surface area contributed by atoms with E-state index >= 15 is 0 Å². The van der Waals surface area contributed by atoms with Crippen LogP contribution in [0.2, 0.25) is 0 Å². The highest BCUT2D eigenvalue weighted by molar-refractivity contribution is 9.10. The molecule has 1 heterocycles. The first-order chi connectivity index (χ1) is 4.70. The van der Waals surface area contributed by atoms with Crippen LogP contribution in [0.1, 0.15) is 11.7 Å². The molecule has 0 unspecified atom stereocenters. The van der Waals surface area contributed by atoms with E-state index in [2.05, 4.69) is 20.9 Å². The molecule has 4 N–H and O–H groups in total. The van der Waals surface area contributed by atoms with Gasteiger partial charge in [0.15, 0.2) is 0 Å². The van der Waals surface area contributed by atoms with Gasteiger partial charge in [-0.3, -0.25) is 0 Å². The molecule has 4 heteroatoms. The second-order valence-electron chi connectivity index (χ2n) is 1.94. The molecule has 1 aromatic rings. The van der Waals surface area contributed by atoms with Gasteiger partial charge in [-0.05, 0) is 22.0 Å². The third-order valence-corrected chi connectivity index (χ3v) is 1.60. The quantitative estimate of drug-likeness (QED) is 0.521. The van der Waals surface area contributed by atoms with Gasteiger partial charge in [-0.1, -0.05) is 6.07 Å². The van der Waals surface area contributed by atoms with Gasteiger partial charge in [0, 0.05) is 11.8 Å². The predicted molar refractivity (Wildman–Crippen MR) is 43.1 cm³/mol. The zero-order valence-corrected chi connectivity index (χ0v) is 6.88. The van der Waals surface area contributed by atoms with E-state index in [0.29, 0.717) is 0 Å². The zero-order valence-electron chi connectivity index (χ0n) is 5.29. The standard InChI is InChI=1S/C6H8BrN3/c7-5-2-1-4(3-10-5)6(8)9/h1-3,6H,8-9H2. The van der Waals surface area contributed by atoms with E-state index in [9.17, 15) is 0 Å². The Hall–Kier alpha value is -0.450. The van der Waals surface area contributed by atoms with Crippen LogP contribution < -0.4 is 11.5 Å². The van der Waals surface area contributed by atoms with Crippen LogP contribution in [-0.2, 0) is 0 Å². The van der Waals surface area contributed by atoms with Gasteiger partial charge in [-0.15, -0.1) is 0 Å². The zero-order chi connectivity index (χ0) is 7.56. The van der Waals surface area contributed by atoms with Crippen LogP contribution in [0.5, 0.6) is 0 Å². The van der Waals surface area contributed by atoms with Crippen LogP contribution in [0.3, 0.4) is 0 Å². The van der Waals surface area contributed by atoms with E-state index in [4.69, 9.17) is 11.5 Å². The molecule has 1 rings (SSSR count). The smallest absolute Gasteiger partial charge is 0.106 e. The van der Waals surface area contributed by atoms with Gasteiger partial charge in [-0.2, -0.15) is 0 Å². The molecule has 0 spiro atoms. The second-order valence-corrected chi connectivity index (χ2v) is 2.75. The molecule has 1 aromatic heterocycles. The number of aromatic nitrogens is 1. The summed E-state index contributed by atoms with van der Waals surface area (Å²) in [5.74, 6) is 0. The number of halogens is 1. The first-order valence-corrected chi connectivity index (χ1v) is 3.62. The molecular weight excluding hydrogens is 194 g/mol. The molecule has 0 aliphatic heterocycles. The SMILES string of the molecule is NC(N)c1ccc(Br)nc1. The first kappa shape index (κ1) is 7.65. The van der Waals surface area contributed by atoms with E-state index in [1.165, 1.54) is 0 Å². The molecule has 0 bridgehead atoms. The molecule has 0 aliphatic rings. The molecule has 0 atom stereocenters. The van der Waals surface area contributed by atoms with Crippen molar-refractivity contribution in [3.63, 3.8) is 0 Å². The van der Waals surface area contributed by atoms with Gasteiger partial charge < -0.3 is 11.5 Å². The summed E-state index contributed by atoms with van der Waals surface area (Å²) in [5.41, 5.74) is 11.6. The summed E-state index contributed by atoms with van der Waals surface area (Å²) >= 11 is 3.20. The summed E-state index contributed by atoms with van der Waals surface area (Å²) in [5, 5.41) is 0. The number of pyridine rings is 1. The number of rotatable bonds is 1. The Morgan fingerprint density at radius 2 is 2.10 bits per heavy atom. The Morgan fingerprint density at radius 3 is 2.50 bits per heavy atom. The predicted octanol–water partition coefficient (Wildman–Crippen LogP) is 0.760. The fraction of sp³-hybridized carbons (Fsp3) is 0.167. The van der Waals surface area contributed by atoms with Crippen LogP contribution in [0.15, 0.2) is 22.9 Å². The largest absolute Gasteiger partial charge is 0.312 e. The van der Waals surface area contributed by atoms with Crippen molar-refractivity contribution >= 4 is 15.9 Å². The highest BCUT2D eigenvalue weighted by Gasteiger charge is 1.97. The van der Waals surface area contributed by atoms with Gasteiger partial charge >= 0.3 is 0 Å². The molecule has 0 saturated heterocycles. The van der Waals surface area contributed by atoms with Crippen molar-refractivity contribution in [1.82, 2.24) is 4.98 Å². The van der Waals surface area contributed by atoms with Crippen molar-refractivity contribution in [2.75, 3.05) is 0 Å². The molecule has 0 fully saturated rings. The summed E-state index contributed by atoms with van der Waals surface area (Å²) in [6.07, 6.45) is 1.22. The van der Waals surface area contributed by atoms with Crippen molar-refractivity contribution in [1.29, 1.82) is 0 Å². The third-order valence-electron chi connectivity index (χ3n) is 1.14. The second kappa shape index (κ2) is 3.09. The number of nitrogens with zero attached hydrogens (tertiary/aromatic N) is 1. The highest BCUT2D eigenvalue weighted by atomic mass is 79.9. The molecule has 10 heavy (non-hydrogen) atoms. The average molecular weight is 202 g/mol. The molecule has 3 nitrogen and oxygen atoms in total. The van der Waals surface area contributed by atoms with E-state index in [1.54, 1.807) is 6.20 Å². The Morgan fingerprint density at radius 1 is 1.40 bits per heavy atom. The Bertz CT molecular complexity index is 207. The third kappa shape index (κ3) is 1.76. The Kier molecular flexibility index (Phi) is 2.37. The summed E-state index contributed by atoms with van der Waals surface area (Å²) in [7, 11) is 0. The van der Waals surface area contributed by atoms with Gasteiger partial charge in [0.05, 0.1) is 6.17 Å². The minimum Gasteiger partial charge on any atom is -0.312 e. The summed E-state index contributed by atoms with van der Waals surface area (Å²) in [4.78, 5) is 3.96. The maximum absolute atomic E-state index is 5.39. The lowest BCUT2D eigenvalue weighted by Crippen LogP contribution is -2.19. The fourth-order valence-electron chi connectivity index (χ4n) is 0.584. The maximum atomic E-state index is 5.39. The van der Waals surface area contributed by atoms with Gasteiger partial charge in [0.1, 0.15) is 4.60 Å². The van der Waals surface area contributed by atoms with E-state index in [-0.39, 0.29) is 0 Å². The van der Waals surface area contributed by atoms with Crippen LogP contribution in [-0.4, -0.2) is 4.98 Å². The van der Waals surface area contributed by atoms with Crippen LogP contribution in [0, 0.1) is 0 Å². The van der Waals surface area contributed by atoms with E-state index in [0.717, 1.165) is 10.2 Å². The molecule has 0 aromatic carbocycles. The van der Waals surface area contributed by atoms with Crippen LogP contribution in [0.25, 0.3) is 0 Å². The van der Waals surface area contributed by atoms with Gasteiger partial charge in [-0.25, -0.2) is 4.98 Å². The number of hydrogen-bond donors (Lipinski definition) is 2. The summed E-state index contributed by atoms with van der Waals surface area (Å²) in [6, 6.07) is 3.64. The normalized spacial score (nSPS) is 10.4. The Balaban J connectivity index is 2.89. The lowest BCUT2D eigenvalue weighted by atomic mass is 10.2. The molecule has 0 amide bonds. The van der Waals surface area contributed by atoms with Crippen molar-refractivity contribution in [2.45, 2.75) is 6.17 Å². The number of hydrogen-bond acceptors (Lipinski definition) is 3. The average Bonchev–Trinajstić information content (AvgIpc) is 1.88. The van der Waals surface area contributed by atoms with Crippen molar-refractivity contribution in [2.24, 2.45) is 11.5 Å². The minimum absolute atomic E-state index is 0.430. The van der Waals surface area contributed by atoms with E-state index < -0.39 is 6.17 Å². The highest BCUT2D eigenvalue weighted by Crippen LogP contribution is 2.08. The molecule has 0 aliphatic carbocycles. The van der Waals surface area contributed by atoms with Gasteiger partial charge in [0.2, 0.25) is 0 Å². The topological polar surface area (TPSA) is 64.9 Å². The van der Waals surface area contributed by atoms with Crippen LogP contribution >= 0.6 is 15.9 Å². The monoisotopic (exact) mass is 201 g/mol. The minimum atomic E-state index is -0.430. The van der Waals surface area contributed by atoms with E-state index in [1.807, 2.05) is 12.1 Å². The van der Waals surface area contributed by atoms with Crippen LogP contribution in [0.4, 0.5) is 0 Å². The lowest BCUT2D eigenvalue weighted by molar-refractivity contribution is 0.767. The Labute approximate surface area is 67.6 Å². The number of nitrogens with two attached hydrogens (primary N) is 2. The fourth-order valence-corrected chi connectivity index (χ4v) is 0.819. The summed E-state index contributed by atoms with van der Waals surface area (Å²) in [6.45, 7) is 0. The van der Waals surface area contributed by atoms with Crippen molar-refractivity contribution < 1.29 is 0 Å². The van der Waals surface area contributed by atoms with Gasteiger partial charge in [0.25, 0.3) is 0 Å². The molecule has 0 radical (unpaired) electrons. The molecule has 54 valence electrons. The molecule has 0 saturated carbocycles. The maximum Gasteiger partial charge on any atom is 0.106 e. The molecular formula is C6H8BrN3. The van der Waals surface area contributed by atoms with Crippen molar-refractivity contribution in [3.05, 3.63) is 28.5 Å². The first-order valence-electron chi connectivity index (χ1n) is 2.83. The summed E-state index contributed by atoms with van der Waals surface area (Å²) < 4.78 is 0.789.